The summed E-state index contributed by atoms with van der Waals surface area (Å²) in [4.78, 5) is 2.11. The van der Waals surface area contributed by atoms with Crippen LogP contribution in [0.5, 0.6) is 0 Å². The van der Waals surface area contributed by atoms with Gasteiger partial charge in [0.15, 0.2) is 0 Å². The van der Waals surface area contributed by atoms with Crippen LogP contribution in [0.25, 0.3) is 0 Å². The van der Waals surface area contributed by atoms with Crippen LogP contribution in [0, 0.1) is 5.92 Å². The maximum absolute atomic E-state index is 5.52. The molecule has 16 heavy (non-hydrogen) atoms. The Morgan fingerprint density at radius 3 is 3.19 bits per heavy atom. The third kappa shape index (κ3) is 2.51. The fraction of sp³-hybridized carbons (Fsp3) is 0.800. The molecular formula is C10H18N4O2. The Bertz CT molecular complexity index is 328. The van der Waals surface area contributed by atoms with Crippen LogP contribution in [0.4, 0.5) is 6.01 Å². The van der Waals surface area contributed by atoms with Gasteiger partial charge in [0.25, 0.3) is 0 Å². The lowest BCUT2D eigenvalue weighted by molar-refractivity contribution is 0.160. The van der Waals surface area contributed by atoms with Gasteiger partial charge in [-0.15, -0.1) is 5.10 Å². The highest BCUT2D eigenvalue weighted by Crippen LogP contribution is 2.22. The molecule has 0 aromatic carbocycles. The highest BCUT2D eigenvalue weighted by Gasteiger charge is 2.25. The predicted octanol–water partition coefficient (Wildman–Crippen LogP) is 0.0435. The molecule has 1 aromatic heterocycles. The standard InChI is InChI=1S/C10H18N4O2/c1-15-7-8-3-5-14(6-8)10-13-12-9(16-10)2-4-11/h8H,2-7,11H2,1H3. The number of ether oxygens (including phenoxy) is 1. The number of nitrogens with two attached hydrogens (primary N) is 1. The third-order valence-electron chi connectivity index (χ3n) is 2.77. The summed E-state index contributed by atoms with van der Waals surface area (Å²) >= 11 is 0. The molecule has 90 valence electrons. The van der Waals surface area contributed by atoms with Crippen molar-refractivity contribution in [3.63, 3.8) is 0 Å². The van der Waals surface area contributed by atoms with Crippen LogP contribution in [-0.4, -0.2) is 43.5 Å². The maximum atomic E-state index is 5.52. The lowest BCUT2D eigenvalue weighted by Crippen LogP contribution is -2.21. The topological polar surface area (TPSA) is 77.4 Å². The molecule has 2 rings (SSSR count). The molecule has 0 amide bonds. The van der Waals surface area contributed by atoms with E-state index < -0.39 is 0 Å². The number of nitrogens with zero attached hydrogens (tertiary/aromatic N) is 3. The van der Waals surface area contributed by atoms with Gasteiger partial charge in [-0.05, 0) is 6.42 Å². The average molecular weight is 226 g/mol. The van der Waals surface area contributed by atoms with E-state index in [1.54, 1.807) is 7.11 Å². The van der Waals surface area contributed by atoms with Crippen LogP contribution >= 0.6 is 0 Å². The van der Waals surface area contributed by atoms with Crippen molar-refractivity contribution in [1.29, 1.82) is 0 Å². The average Bonchev–Trinajstić information content (AvgIpc) is 2.87. The van der Waals surface area contributed by atoms with Crippen molar-refractivity contribution in [2.75, 3.05) is 38.3 Å². The molecule has 0 spiro atoms. The summed E-state index contributed by atoms with van der Waals surface area (Å²) in [5, 5.41) is 7.98. The summed E-state index contributed by atoms with van der Waals surface area (Å²) in [7, 11) is 1.73. The molecule has 0 aliphatic carbocycles. The van der Waals surface area contributed by atoms with E-state index >= 15 is 0 Å². The molecule has 6 nitrogen and oxygen atoms in total. The van der Waals surface area contributed by atoms with Crippen molar-refractivity contribution < 1.29 is 9.15 Å². The van der Waals surface area contributed by atoms with E-state index in [4.69, 9.17) is 14.9 Å². The predicted molar refractivity (Wildman–Crippen MR) is 59.3 cm³/mol. The van der Waals surface area contributed by atoms with Gasteiger partial charge in [0, 0.05) is 39.1 Å². The zero-order chi connectivity index (χ0) is 11.4. The van der Waals surface area contributed by atoms with Crippen molar-refractivity contribution in [2.24, 2.45) is 11.7 Å². The summed E-state index contributed by atoms with van der Waals surface area (Å²) in [6, 6.07) is 0.613. The van der Waals surface area contributed by atoms with Crippen LogP contribution in [0.1, 0.15) is 12.3 Å². The molecule has 0 saturated carbocycles. The summed E-state index contributed by atoms with van der Waals surface area (Å²) in [5.41, 5.74) is 5.43. The van der Waals surface area contributed by atoms with Crippen LogP contribution in [0.3, 0.4) is 0 Å². The number of methoxy groups -OCH3 is 1. The second-order valence-corrected chi connectivity index (χ2v) is 4.07. The second kappa shape index (κ2) is 5.27. The van der Waals surface area contributed by atoms with Crippen LogP contribution in [0.2, 0.25) is 0 Å². The lowest BCUT2D eigenvalue weighted by atomic mass is 10.1. The molecule has 0 radical (unpaired) electrons. The largest absolute Gasteiger partial charge is 0.408 e. The number of anilines is 1. The van der Waals surface area contributed by atoms with Crippen molar-refractivity contribution in [1.82, 2.24) is 10.2 Å². The van der Waals surface area contributed by atoms with Gasteiger partial charge in [-0.3, -0.25) is 0 Å². The van der Waals surface area contributed by atoms with E-state index in [2.05, 4.69) is 15.1 Å². The molecule has 2 N–H and O–H groups in total. The van der Waals surface area contributed by atoms with Crippen molar-refractivity contribution >= 4 is 6.01 Å². The van der Waals surface area contributed by atoms with E-state index in [-0.39, 0.29) is 0 Å². The summed E-state index contributed by atoms with van der Waals surface area (Å²) < 4.78 is 10.7. The van der Waals surface area contributed by atoms with E-state index in [9.17, 15) is 0 Å². The van der Waals surface area contributed by atoms with Crippen molar-refractivity contribution in [2.45, 2.75) is 12.8 Å². The fourth-order valence-electron chi connectivity index (χ4n) is 1.98. The van der Waals surface area contributed by atoms with E-state index in [1.165, 1.54) is 0 Å². The van der Waals surface area contributed by atoms with Crippen LogP contribution in [0.15, 0.2) is 4.42 Å². The molecule has 1 atom stereocenters. The Balaban J connectivity index is 1.92. The normalized spacial score (nSPS) is 20.6. The monoisotopic (exact) mass is 226 g/mol. The zero-order valence-corrected chi connectivity index (χ0v) is 9.56. The third-order valence-corrected chi connectivity index (χ3v) is 2.77. The molecule has 1 aliphatic rings. The number of hydrogen-bond donors (Lipinski definition) is 1. The first kappa shape index (κ1) is 11.3. The Kier molecular flexibility index (Phi) is 3.74. The number of rotatable bonds is 5. The molecule has 0 bridgehead atoms. The Morgan fingerprint density at radius 1 is 1.56 bits per heavy atom. The van der Waals surface area contributed by atoms with Crippen LogP contribution in [-0.2, 0) is 11.2 Å². The van der Waals surface area contributed by atoms with Gasteiger partial charge in [0.05, 0.1) is 6.61 Å². The first-order valence-electron chi connectivity index (χ1n) is 5.59. The summed E-state index contributed by atoms with van der Waals surface area (Å²) in [5.74, 6) is 1.18. The quantitative estimate of drug-likeness (QED) is 0.764. The molecule has 1 fully saturated rings. The highest BCUT2D eigenvalue weighted by atomic mass is 16.5. The highest BCUT2D eigenvalue weighted by molar-refractivity contribution is 5.26. The molecule has 1 unspecified atom stereocenters. The Labute approximate surface area is 94.8 Å². The summed E-state index contributed by atoms with van der Waals surface area (Å²) in [6.07, 6.45) is 1.75. The molecule has 1 saturated heterocycles. The van der Waals surface area contributed by atoms with Gasteiger partial charge in [-0.1, -0.05) is 5.10 Å². The van der Waals surface area contributed by atoms with E-state index in [1.807, 2.05) is 0 Å². The van der Waals surface area contributed by atoms with Gasteiger partial charge >= 0.3 is 6.01 Å². The molecule has 1 aliphatic heterocycles. The van der Waals surface area contributed by atoms with Gasteiger partial charge in [0.1, 0.15) is 0 Å². The second-order valence-electron chi connectivity index (χ2n) is 4.07. The number of hydrogen-bond acceptors (Lipinski definition) is 6. The van der Waals surface area contributed by atoms with Gasteiger partial charge in [-0.25, -0.2) is 0 Å². The SMILES string of the molecule is COCC1CCN(c2nnc(CCN)o2)C1. The van der Waals surface area contributed by atoms with Crippen molar-refractivity contribution in [3.05, 3.63) is 5.89 Å². The molecule has 6 heteroatoms. The van der Waals surface area contributed by atoms with Gasteiger partial charge in [0.2, 0.25) is 5.89 Å². The van der Waals surface area contributed by atoms with Gasteiger partial charge in [-0.2, -0.15) is 0 Å². The molecular weight excluding hydrogens is 208 g/mol. The molecule has 1 aromatic rings. The fourth-order valence-corrected chi connectivity index (χ4v) is 1.98. The lowest BCUT2D eigenvalue weighted by Gasteiger charge is -2.12. The zero-order valence-electron chi connectivity index (χ0n) is 9.56. The van der Waals surface area contributed by atoms with E-state index in [0.717, 1.165) is 26.1 Å². The number of aromatic nitrogens is 2. The Morgan fingerprint density at radius 2 is 2.44 bits per heavy atom. The maximum Gasteiger partial charge on any atom is 0.318 e. The minimum atomic E-state index is 0.536. The molecule has 2 heterocycles. The first-order chi connectivity index (χ1) is 7.83. The minimum absolute atomic E-state index is 0.536. The van der Waals surface area contributed by atoms with Crippen LogP contribution < -0.4 is 10.6 Å². The minimum Gasteiger partial charge on any atom is -0.408 e. The van der Waals surface area contributed by atoms with Gasteiger partial charge < -0.3 is 19.8 Å². The smallest absolute Gasteiger partial charge is 0.318 e. The summed E-state index contributed by atoms with van der Waals surface area (Å²) in [6.45, 7) is 3.21. The Hall–Kier alpha value is -1.14. The van der Waals surface area contributed by atoms with Crippen molar-refractivity contribution in [3.8, 4) is 0 Å². The first-order valence-corrected chi connectivity index (χ1v) is 5.59. The van der Waals surface area contributed by atoms with E-state index in [0.29, 0.717) is 30.8 Å².